The highest BCUT2D eigenvalue weighted by Gasteiger charge is 2.23. The smallest absolute Gasteiger partial charge is 0.262 e. The second kappa shape index (κ2) is 7.80. The van der Waals surface area contributed by atoms with Crippen LogP contribution in [-0.2, 0) is 14.8 Å². The number of halogens is 1. The van der Waals surface area contributed by atoms with Gasteiger partial charge in [0.05, 0.1) is 4.90 Å². The first-order chi connectivity index (χ1) is 12.3. The van der Waals surface area contributed by atoms with E-state index >= 15 is 0 Å². The van der Waals surface area contributed by atoms with E-state index in [1.54, 1.807) is 43.3 Å². The van der Waals surface area contributed by atoms with Crippen LogP contribution in [0.1, 0.15) is 31.2 Å². The highest BCUT2D eigenvalue weighted by Crippen LogP contribution is 2.28. The summed E-state index contributed by atoms with van der Waals surface area (Å²) in [4.78, 5) is 12.5. The van der Waals surface area contributed by atoms with Crippen LogP contribution in [0.3, 0.4) is 0 Å². The summed E-state index contributed by atoms with van der Waals surface area (Å²) in [5, 5.41) is 2.86. The molecule has 0 spiro atoms. The average Bonchev–Trinajstić information content (AvgIpc) is 3.13. The van der Waals surface area contributed by atoms with Crippen molar-refractivity contribution in [1.29, 1.82) is 0 Å². The molecule has 1 aliphatic carbocycles. The molecule has 1 aliphatic rings. The zero-order chi connectivity index (χ0) is 18.7. The molecule has 0 radical (unpaired) electrons. The second-order valence-corrected chi connectivity index (χ2v) is 9.13. The Hall–Kier alpha value is -1.86. The lowest BCUT2D eigenvalue weighted by molar-refractivity contribution is -0.119. The Balaban J connectivity index is 1.81. The molecule has 0 heterocycles. The molecular formula is C19H21BrN2O3S. The van der Waals surface area contributed by atoms with Gasteiger partial charge in [-0.05, 0) is 61.7 Å². The molecule has 0 saturated heterocycles. The van der Waals surface area contributed by atoms with Gasteiger partial charge in [-0.15, -0.1) is 0 Å². The number of amides is 1. The van der Waals surface area contributed by atoms with E-state index in [-0.39, 0.29) is 16.7 Å². The summed E-state index contributed by atoms with van der Waals surface area (Å²) in [5.41, 5.74) is 1.60. The van der Waals surface area contributed by atoms with Crippen molar-refractivity contribution in [2.24, 2.45) is 5.92 Å². The number of hydrogen-bond donors (Lipinski definition) is 2. The summed E-state index contributed by atoms with van der Waals surface area (Å²) in [6.45, 7) is 1.73. The van der Waals surface area contributed by atoms with Crippen molar-refractivity contribution in [3.8, 4) is 0 Å². The molecular weight excluding hydrogens is 416 g/mol. The third-order valence-corrected chi connectivity index (χ3v) is 6.62. The molecule has 1 fully saturated rings. The molecule has 2 aromatic carbocycles. The Bertz CT molecular complexity index is 905. The van der Waals surface area contributed by atoms with E-state index in [1.807, 2.05) is 0 Å². The topological polar surface area (TPSA) is 75.3 Å². The summed E-state index contributed by atoms with van der Waals surface area (Å²) < 4.78 is 29.0. The maximum absolute atomic E-state index is 12.8. The molecule has 7 heteroatoms. The van der Waals surface area contributed by atoms with Crippen LogP contribution in [0, 0.1) is 12.8 Å². The van der Waals surface area contributed by atoms with Crippen LogP contribution < -0.4 is 10.0 Å². The van der Waals surface area contributed by atoms with Crippen LogP contribution in [0.4, 0.5) is 11.4 Å². The van der Waals surface area contributed by atoms with Gasteiger partial charge in [0.15, 0.2) is 0 Å². The Morgan fingerprint density at radius 1 is 1.04 bits per heavy atom. The lowest BCUT2D eigenvalue weighted by Gasteiger charge is -2.14. The average molecular weight is 437 g/mol. The highest BCUT2D eigenvalue weighted by atomic mass is 79.9. The molecule has 2 N–H and O–H groups in total. The normalized spacial score (nSPS) is 15.0. The van der Waals surface area contributed by atoms with Gasteiger partial charge in [-0.1, -0.05) is 34.8 Å². The van der Waals surface area contributed by atoms with Crippen LogP contribution in [0.2, 0.25) is 0 Å². The molecule has 2 aromatic rings. The van der Waals surface area contributed by atoms with E-state index in [0.717, 1.165) is 30.2 Å². The molecule has 5 nitrogen and oxygen atoms in total. The van der Waals surface area contributed by atoms with Crippen molar-refractivity contribution in [1.82, 2.24) is 0 Å². The first-order valence-electron chi connectivity index (χ1n) is 8.55. The third-order valence-electron chi connectivity index (χ3n) is 4.57. The number of rotatable bonds is 5. The minimum absolute atomic E-state index is 0.0252. The summed E-state index contributed by atoms with van der Waals surface area (Å²) in [6.07, 6.45) is 3.94. The molecule has 0 unspecified atom stereocenters. The van der Waals surface area contributed by atoms with Gasteiger partial charge >= 0.3 is 0 Å². The molecule has 0 aromatic heterocycles. The Morgan fingerprint density at radius 3 is 2.31 bits per heavy atom. The standard InChI is InChI=1S/C19H21BrN2O3S/c1-13-6-9-17(21-19(23)14-4-2-3-5-14)12-18(13)26(24,25)22-16-10-7-15(20)8-11-16/h6-12,14,22H,2-5H2,1H3,(H,21,23). The van der Waals surface area contributed by atoms with Crippen LogP contribution in [0.15, 0.2) is 51.8 Å². The van der Waals surface area contributed by atoms with Crippen molar-refractivity contribution in [2.45, 2.75) is 37.5 Å². The number of nitrogens with one attached hydrogen (secondary N) is 2. The van der Waals surface area contributed by atoms with Gasteiger partial charge < -0.3 is 5.32 Å². The molecule has 138 valence electrons. The number of benzene rings is 2. The molecule has 0 aliphatic heterocycles. The number of aryl methyl sites for hydroxylation is 1. The minimum atomic E-state index is -3.75. The van der Waals surface area contributed by atoms with Crippen molar-refractivity contribution in [3.63, 3.8) is 0 Å². The lowest BCUT2D eigenvalue weighted by atomic mass is 10.1. The van der Waals surface area contributed by atoms with Crippen molar-refractivity contribution >= 4 is 43.2 Å². The largest absolute Gasteiger partial charge is 0.326 e. The number of sulfonamides is 1. The second-order valence-electron chi connectivity index (χ2n) is 6.56. The van der Waals surface area contributed by atoms with Gasteiger partial charge in [0, 0.05) is 21.8 Å². The fourth-order valence-corrected chi connectivity index (χ4v) is 4.72. The van der Waals surface area contributed by atoms with Gasteiger partial charge in [-0.25, -0.2) is 8.42 Å². The summed E-state index contributed by atoms with van der Waals surface area (Å²) in [7, 11) is -3.75. The van der Waals surface area contributed by atoms with Gasteiger partial charge in [-0.2, -0.15) is 0 Å². The predicted molar refractivity (Wildman–Crippen MR) is 107 cm³/mol. The molecule has 0 atom stereocenters. The van der Waals surface area contributed by atoms with Crippen molar-refractivity contribution in [2.75, 3.05) is 10.0 Å². The third kappa shape index (κ3) is 4.45. The summed E-state index contributed by atoms with van der Waals surface area (Å²) >= 11 is 3.32. The molecule has 1 saturated carbocycles. The lowest BCUT2D eigenvalue weighted by Crippen LogP contribution is -2.21. The fourth-order valence-electron chi connectivity index (χ4n) is 3.13. The van der Waals surface area contributed by atoms with Gasteiger partial charge in [0.25, 0.3) is 10.0 Å². The Morgan fingerprint density at radius 2 is 1.65 bits per heavy atom. The zero-order valence-electron chi connectivity index (χ0n) is 14.5. The van der Waals surface area contributed by atoms with Crippen LogP contribution in [0.25, 0.3) is 0 Å². The maximum Gasteiger partial charge on any atom is 0.262 e. The predicted octanol–water partition coefficient (Wildman–Crippen LogP) is 4.69. The van der Waals surface area contributed by atoms with Gasteiger partial charge in [0.1, 0.15) is 0 Å². The van der Waals surface area contributed by atoms with E-state index in [0.29, 0.717) is 16.9 Å². The SMILES string of the molecule is Cc1ccc(NC(=O)C2CCCC2)cc1S(=O)(=O)Nc1ccc(Br)cc1. The number of carbonyl (C=O) groups excluding carboxylic acids is 1. The molecule has 0 bridgehead atoms. The van der Waals surface area contributed by atoms with Crippen LogP contribution in [0.5, 0.6) is 0 Å². The van der Waals surface area contributed by atoms with Gasteiger partial charge in [-0.3, -0.25) is 9.52 Å². The zero-order valence-corrected chi connectivity index (χ0v) is 16.9. The molecule has 26 heavy (non-hydrogen) atoms. The monoisotopic (exact) mass is 436 g/mol. The quantitative estimate of drug-likeness (QED) is 0.713. The van der Waals surface area contributed by atoms with E-state index in [9.17, 15) is 13.2 Å². The highest BCUT2D eigenvalue weighted by molar-refractivity contribution is 9.10. The van der Waals surface area contributed by atoms with Crippen LogP contribution >= 0.6 is 15.9 Å². The number of hydrogen-bond acceptors (Lipinski definition) is 3. The van der Waals surface area contributed by atoms with E-state index in [2.05, 4.69) is 26.0 Å². The van der Waals surface area contributed by atoms with Gasteiger partial charge in [0.2, 0.25) is 5.91 Å². The van der Waals surface area contributed by atoms with E-state index < -0.39 is 10.0 Å². The van der Waals surface area contributed by atoms with Crippen LogP contribution in [-0.4, -0.2) is 14.3 Å². The van der Waals surface area contributed by atoms with Crippen molar-refractivity contribution < 1.29 is 13.2 Å². The Kier molecular flexibility index (Phi) is 5.67. The maximum atomic E-state index is 12.8. The number of anilines is 2. The fraction of sp³-hybridized carbons (Fsp3) is 0.316. The van der Waals surface area contributed by atoms with E-state index in [1.165, 1.54) is 6.07 Å². The molecule has 3 rings (SSSR count). The first-order valence-corrected chi connectivity index (χ1v) is 10.8. The molecule has 1 amide bonds. The summed E-state index contributed by atoms with van der Waals surface area (Å²) in [6, 6.07) is 11.9. The first kappa shape index (κ1) is 18.9. The van der Waals surface area contributed by atoms with E-state index in [4.69, 9.17) is 0 Å². The summed E-state index contributed by atoms with van der Waals surface area (Å²) in [5.74, 6) is -0.00665. The minimum Gasteiger partial charge on any atom is -0.326 e. The Labute approximate surface area is 162 Å². The van der Waals surface area contributed by atoms with Crippen molar-refractivity contribution in [3.05, 3.63) is 52.5 Å². The number of carbonyl (C=O) groups is 1.